The molecule has 2 heterocycles. The van der Waals surface area contributed by atoms with Gasteiger partial charge in [-0.2, -0.15) is 0 Å². The first-order valence-electron chi connectivity index (χ1n) is 20.1. The fourth-order valence-corrected chi connectivity index (χ4v) is 9.82. The molecule has 2 aromatic heterocycles. The van der Waals surface area contributed by atoms with E-state index in [2.05, 4.69) is 207 Å². The first kappa shape index (κ1) is 33.0. The second kappa shape index (κ2) is 12.1. The van der Waals surface area contributed by atoms with Crippen molar-refractivity contribution in [3.8, 4) is 33.6 Å². The van der Waals surface area contributed by atoms with E-state index in [0.29, 0.717) is 0 Å². The Morgan fingerprint density at radius 2 is 0.857 bits per heavy atom. The average molecular weight is 721 g/mol. The van der Waals surface area contributed by atoms with Gasteiger partial charge in [-0.3, -0.25) is 0 Å². The van der Waals surface area contributed by atoms with Crippen LogP contribution in [0.4, 0.5) is 0 Å². The summed E-state index contributed by atoms with van der Waals surface area (Å²) in [5.74, 6) is 0. The van der Waals surface area contributed by atoms with Crippen LogP contribution in [0.25, 0.3) is 88.0 Å². The molecule has 11 rings (SSSR count). The van der Waals surface area contributed by atoms with Gasteiger partial charge in [0.15, 0.2) is 0 Å². The molecule has 0 atom stereocenters. The van der Waals surface area contributed by atoms with E-state index in [1.807, 2.05) is 0 Å². The quantitative estimate of drug-likeness (QED) is 0.171. The molecule has 1 aliphatic rings. The largest absolute Gasteiger partial charge is 0.309 e. The van der Waals surface area contributed by atoms with Gasteiger partial charge < -0.3 is 9.13 Å². The molecule has 0 saturated carbocycles. The number of benzene rings is 8. The zero-order valence-corrected chi connectivity index (χ0v) is 32.5. The molecule has 2 heteroatoms. The molecule has 8 aromatic carbocycles. The second-order valence-corrected chi connectivity index (χ2v) is 17.3. The lowest BCUT2D eigenvalue weighted by Crippen LogP contribution is -2.33. The second-order valence-electron chi connectivity index (χ2n) is 17.3. The highest BCUT2D eigenvalue weighted by Gasteiger charge is 2.38. The topological polar surface area (TPSA) is 9.86 Å². The van der Waals surface area contributed by atoms with Crippen LogP contribution in [-0.4, -0.2) is 9.13 Å². The van der Waals surface area contributed by atoms with E-state index >= 15 is 0 Å². The lowest BCUT2D eigenvalue weighted by atomic mass is 9.63. The smallest absolute Gasteiger partial charge is 0.0549 e. The maximum absolute atomic E-state index is 2.58. The van der Waals surface area contributed by atoms with Gasteiger partial charge in [0, 0.05) is 32.9 Å². The lowest BCUT2D eigenvalue weighted by Gasteiger charge is -2.42. The van der Waals surface area contributed by atoms with Crippen LogP contribution in [0.15, 0.2) is 170 Å². The highest BCUT2D eigenvalue weighted by molar-refractivity contribution is 6.25. The summed E-state index contributed by atoms with van der Waals surface area (Å²) in [6.45, 7) is 9.77. The van der Waals surface area contributed by atoms with Gasteiger partial charge in [-0.05, 0) is 128 Å². The van der Waals surface area contributed by atoms with Crippen molar-refractivity contribution in [2.75, 3.05) is 0 Å². The third-order valence-corrected chi connectivity index (χ3v) is 12.9. The number of hydrogen-bond donors (Lipinski definition) is 0. The zero-order chi connectivity index (χ0) is 37.8. The summed E-state index contributed by atoms with van der Waals surface area (Å²) in [7, 11) is 0. The summed E-state index contributed by atoms with van der Waals surface area (Å²) in [6, 6.07) is 63.3. The van der Waals surface area contributed by atoms with Crippen LogP contribution in [0, 0.1) is 0 Å². The molecule has 0 aliphatic heterocycles. The molecule has 0 unspecified atom stereocenters. The number of nitrogens with zero attached hydrogens (tertiary/aromatic N) is 2. The molecule has 10 aromatic rings. The molecule has 56 heavy (non-hydrogen) atoms. The Bertz CT molecular complexity index is 3100. The normalized spacial score (nSPS) is 14.9. The molecule has 0 amide bonds. The van der Waals surface area contributed by atoms with E-state index < -0.39 is 0 Å². The zero-order valence-electron chi connectivity index (χ0n) is 32.5. The Balaban J connectivity index is 1.33. The number of fused-ring (bicyclic) bond motifs is 9. The van der Waals surface area contributed by atoms with Crippen molar-refractivity contribution in [2.24, 2.45) is 0 Å². The van der Waals surface area contributed by atoms with Crippen molar-refractivity contribution in [1.29, 1.82) is 0 Å². The van der Waals surface area contributed by atoms with Gasteiger partial charge in [0.05, 0.1) is 22.1 Å². The number of rotatable bonds is 4. The molecule has 0 radical (unpaired) electrons. The maximum Gasteiger partial charge on any atom is 0.0549 e. The summed E-state index contributed by atoms with van der Waals surface area (Å²) in [5, 5.41) is 7.70. The molecule has 270 valence electrons. The molecule has 0 N–H and O–H groups in total. The van der Waals surface area contributed by atoms with E-state index in [1.54, 1.807) is 0 Å². The highest BCUT2D eigenvalue weighted by atomic mass is 15.0. The van der Waals surface area contributed by atoms with Crippen LogP contribution in [-0.2, 0) is 10.8 Å². The summed E-state index contributed by atoms with van der Waals surface area (Å²) in [5.41, 5.74) is 15.3. The Hall–Kier alpha value is -6.38. The van der Waals surface area contributed by atoms with E-state index in [0.717, 1.165) is 0 Å². The predicted octanol–water partition coefficient (Wildman–Crippen LogP) is 14.7. The SMILES string of the molecule is CC1(C)CCC(C)(C)c2cc3c(cc21)c1cc2c(cc1n3-c1cc(-c3ccccc3)cc(-c3ccccc3)c1)c1c3ccccc3ccc1n2-c1ccccc1. The number of aromatic nitrogens is 2. The monoisotopic (exact) mass is 720 g/mol. The van der Waals surface area contributed by atoms with Crippen LogP contribution in [0.3, 0.4) is 0 Å². The molecular formula is C54H44N2. The first-order chi connectivity index (χ1) is 27.2. The molecule has 0 spiro atoms. The van der Waals surface area contributed by atoms with Crippen molar-refractivity contribution in [3.63, 3.8) is 0 Å². The first-order valence-corrected chi connectivity index (χ1v) is 20.1. The van der Waals surface area contributed by atoms with Gasteiger partial charge in [-0.15, -0.1) is 0 Å². The van der Waals surface area contributed by atoms with Crippen molar-refractivity contribution in [2.45, 2.75) is 51.4 Å². The maximum atomic E-state index is 2.58. The average Bonchev–Trinajstić information content (AvgIpc) is 3.73. The summed E-state index contributed by atoms with van der Waals surface area (Å²) in [6.07, 6.45) is 2.35. The van der Waals surface area contributed by atoms with Crippen molar-refractivity contribution in [3.05, 3.63) is 181 Å². The summed E-state index contributed by atoms with van der Waals surface area (Å²) >= 11 is 0. The van der Waals surface area contributed by atoms with Crippen molar-refractivity contribution < 1.29 is 0 Å². The van der Waals surface area contributed by atoms with Gasteiger partial charge in [-0.25, -0.2) is 0 Å². The Labute approximate surface area is 328 Å². The third kappa shape index (κ3) is 4.95. The molecular weight excluding hydrogens is 677 g/mol. The van der Waals surface area contributed by atoms with Crippen LogP contribution < -0.4 is 0 Å². The van der Waals surface area contributed by atoms with E-state index in [1.165, 1.54) is 112 Å². The van der Waals surface area contributed by atoms with Gasteiger partial charge in [0.2, 0.25) is 0 Å². The van der Waals surface area contributed by atoms with Crippen LogP contribution in [0.2, 0.25) is 0 Å². The van der Waals surface area contributed by atoms with Gasteiger partial charge in [-0.1, -0.05) is 137 Å². The summed E-state index contributed by atoms with van der Waals surface area (Å²) < 4.78 is 5.06. The van der Waals surface area contributed by atoms with Crippen LogP contribution in [0.5, 0.6) is 0 Å². The highest BCUT2D eigenvalue weighted by Crippen LogP contribution is 2.50. The van der Waals surface area contributed by atoms with E-state index in [-0.39, 0.29) is 10.8 Å². The molecule has 0 fully saturated rings. The number of hydrogen-bond acceptors (Lipinski definition) is 0. The molecule has 2 nitrogen and oxygen atoms in total. The minimum atomic E-state index is 0.0745. The van der Waals surface area contributed by atoms with Crippen LogP contribution >= 0.6 is 0 Å². The van der Waals surface area contributed by atoms with Crippen LogP contribution in [0.1, 0.15) is 51.7 Å². The molecule has 0 saturated heterocycles. The fraction of sp³-hybridized carbons (Fsp3) is 0.148. The minimum Gasteiger partial charge on any atom is -0.309 e. The van der Waals surface area contributed by atoms with Crippen molar-refractivity contribution in [1.82, 2.24) is 9.13 Å². The lowest BCUT2D eigenvalue weighted by molar-refractivity contribution is 0.332. The minimum absolute atomic E-state index is 0.0745. The van der Waals surface area contributed by atoms with Gasteiger partial charge >= 0.3 is 0 Å². The third-order valence-electron chi connectivity index (χ3n) is 12.9. The van der Waals surface area contributed by atoms with E-state index in [9.17, 15) is 0 Å². The molecule has 1 aliphatic carbocycles. The Morgan fingerprint density at radius 1 is 0.357 bits per heavy atom. The van der Waals surface area contributed by atoms with Crippen molar-refractivity contribution >= 4 is 54.4 Å². The predicted molar refractivity (Wildman–Crippen MR) is 239 cm³/mol. The van der Waals surface area contributed by atoms with E-state index in [4.69, 9.17) is 0 Å². The number of para-hydroxylation sites is 1. The van der Waals surface area contributed by atoms with Gasteiger partial charge in [0.25, 0.3) is 0 Å². The Morgan fingerprint density at radius 3 is 1.52 bits per heavy atom. The van der Waals surface area contributed by atoms with Gasteiger partial charge in [0.1, 0.15) is 0 Å². The Kier molecular flexibility index (Phi) is 7.11. The summed E-state index contributed by atoms with van der Waals surface area (Å²) in [4.78, 5) is 0. The standard InChI is InChI=1S/C54H44N2/c1-53(2)26-27-54(3,4)47-34-51-43(31-46(47)53)44-32-50-45(52-42-23-15-14-20-37(42)24-25-48(52)55(50)40-21-12-7-13-22-40)33-49(44)56(51)41-29-38(35-16-8-5-9-17-35)28-39(30-41)36-18-10-6-11-19-36/h5-25,28-34H,26-27H2,1-4H3. The molecule has 0 bridgehead atoms. The fourth-order valence-electron chi connectivity index (χ4n) is 9.82.